The van der Waals surface area contributed by atoms with Crippen molar-refractivity contribution in [2.24, 2.45) is 0 Å². The maximum Gasteiger partial charge on any atom is 0.254 e. The number of carbonyl (C=O) groups is 1. The van der Waals surface area contributed by atoms with Crippen LogP contribution >= 0.6 is 23.2 Å². The number of hydrogen-bond acceptors (Lipinski definition) is 3. The zero-order valence-electron chi connectivity index (χ0n) is 13.1. The van der Waals surface area contributed by atoms with Gasteiger partial charge in [0.15, 0.2) is 0 Å². The molecule has 1 aliphatic rings. The molecule has 1 saturated heterocycles. The molecule has 1 aliphatic heterocycles. The van der Waals surface area contributed by atoms with Gasteiger partial charge >= 0.3 is 0 Å². The Morgan fingerprint density at radius 2 is 1.70 bits per heavy atom. The van der Waals surface area contributed by atoms with Crippen LogP contribution in [0.5, 0.6) is 0 Å². The standard InChI is InChI=1S/C16H18Cl2N4O/c1-10-15(11(2)20-19-10)21-3-5-22(6-4-21)16(23)12-7-13(17)9-14(18)8-12/h7-9H,3-6H2,1-2H3,(H,19,20). The first-order valence-corrected chi connectivity index (χ1v) is 8.23. The Hall–Kier alpha value is -1.72. The number of nitrogens with zero attached hydrogens (tertiary/aromatic N) is 3. The van der Waals surface area contributed by atoms with Gasteiger partial charge in [0.2, 0.25) is 0 Å². The summed E-state index contributed by atoms with van der Waals surface area (Å²) in [5.74, 6) is -0.0327. The van der Waals surface area contributed by atoms with Gasteiger partial charge in [0.25, 0.3) is 5.91 Å². The molecule has 1 aromatic carbocycles. The van der Waals surface area contributed by atoms with Crippen molar-refractivity contribution in [3.63, 3.8) is 0 Å². The highest BCUT2D eigenvalue weighted by Crippen LogP contribution is 2.24. The first kappa shape index (κ1) is 16.1. The lowest BCUT2D eigenvalue weighted by atomic mass is 10.1. The van der Waals surface area contributed by atoms with Gasteiger partial charge in [0.05, 0.1) is 17.1 Å². The molecule has 0 saturated carbocycles. The molecule has 122 valence electrons. The van der Waals surface area contributed by atoms with Crippen molar-refractivity contribution in [3.8, 4) is 0 Å². The van der Waals surface area contributed by atoms with Gasteiger partial charge in [-0.25, -0.2) is 0 Å². The summed E-state index contributed by atoms with van der Waals surface area (Å²) in [5, 5.41) is 8.19. The fraction of sp³-hybridized carbons (Fsp3) is 0.375. The van der Waals surface area contributed by atoms with Crippen molar-refractivity contribution < 1.29 is 4.79 Å². The molecule has 1 fully saturated rings. The average Bonchev–Trinajstić information content (AvgIpc) is 2.85. The highest BCUT2D eigenvalue weighted by Gasteiger charge is 2.25. The van der Waals surface area contributed by atoms with Gasteiger partial charge in [-0.3, -0.25) is 9.89 Å². The Kier molecular flexibility index (Phi) is 4.50. The van der Waals surface area contributed by atoms with E-state index in [1.54, 1.807) is 18.2 Å². The summed E-state index contributed by atoms with van der Waals surface area (Å²) in [6.07, 6.45) is 0. The van der Waals surface area contributed by atoms with E-state index in [-0.39, 0.29) is 5.91 Å². The van der Waals surface area contributed by atoms with Crippen LogP contribution in [0, 0.1) is 13.8 Å². The van der Waals surface area contributed by atoms with Crippen molar-refractivity contribution in [1.29, 1.82) is 0 Å². The van der Waals surface area contributed by atoms with Crippen molar-refractivity contribution in [2.75, 3.05) is 31.1 Å². The number of piperazine rings is 1. The third-order valence-corrected chi connectivity index (χ3v) is 4.52. The Morgan fingerprint density at radius 3 is 2.22 bits per heavy atom. The van der Waals surface area contributed by atoms with Gasteiger partial charge in [0, 0.05) is 41.8 Å². The molecule has 23 heavy (non-hydrogen) atoms. The molecule has 2 aromatic rings. The van der Waals surface area contributed by atoms with Crippen LogP contribution in [0.4, 0.5) is 5.69 Å². The number of amides is 1. The molecule has 0 spiro atoms. The van der Waals surface area contributed by atoms with Crippen LogP contribution in [0.15, 0.2) is 18.2 Å². The van der Waals surface area contributed by atoms with E-state index in [0.29, 0.717) is 28.7 Å². The Labute approximate surface area is 145 Å². The minimum absolute atomic E-state index is 0.0327. The molecule has 2 heterocycles. The smallest absolute Gasteiger partial charge is 0.254 e. The summed E-state index contributed by atoms with van der Waals surface area (Å²) >= 11 is 12.0. The van der Waals surface area contributed by atoms with E-state index in [4.69, 9.17) is 23.2 Å². The molecule has 0 bridgehead atoms. The van der Waals surface area contributed by atoms with Crippen LogP contribution in [-0.4, -0.2) is 47.2 Å². The lowest BCUT2D eigenvalue weighted by Gasteiger charge is -2.36. The van der Waals surface area contributed by atoms with E-state index in [2.05, 4.69) is 15.1 Å². The molecule has 3 rings (SSSR count). The first-order valence-electron chi connectivity index (χ1n) is 7.47. The van der Waals surface area contributed by atoms with E-state index < -0.39 is 0 Å². The van der Waals surface area contributed by atoms with Gasteiger partial charge in [0.1, 0.15) is 0 Å². The Balaban J connectivity index is 1.70. The Morgan fingerprint density at radius 1 is 1.09 bits per heavy atom. The van der Waals surface area contributed by atoms with Crippen molar-refractivity contribution in [3.05, 3.63) is 45.2 Å². The minimum Gasteiger partial charge on any atom is -0.365 e. The molecule has 7 heteroatoms. The number of aromatic nitrogens is 2. The summed E-state index contributed by atoms with van der Waals surface area (Å²) in [6.45, 7) is 6.88. The van der Waals surface area contributed by atoms with Gasteiger partial charge in [-0.1, -0.05) is 23.2 Å². The van der Waals surface area contributed by atoms with Gasteiger partial charge < -0.3 is 9.80 Å². The van der Waals surface area contributed by atoms with E-state index in [1.807, 2.05) is 18.7 Å². The van der Waals surface area contributed by atoms with Gasteiger partial charge in [-0.05, 0) is 32.0 Å². The van der Waals surface area contributed by atoms with Crippen LogP contribution in [0.25, 0.3) is 0 Å². The van der Waals surface area contributed by atoms with E-state index in [0.717, 1.165) is 30.2 Å². The number of nitrogens with one attached hydrogen (secondary N) is 1. The number of H-pyrrole nitrogens is 1. The maximum absolute atomic E-state index is 12.6. The second-order valence-corrected chi connectivity index (χ2v) is 6.59. The number of aromatic amines is 1. The van der Waals surface area contributed by atoms with Crippen LogP contribution in [0.2, 0.25) is 10.0 Å². The summed E-state index contributed by atoms with van der Waals surface area (Å²) < 4.78 is 0. The predicted molar refractivity (Wildman–Crippen MR) is 92.6 cm³/mol. The maximum atomic E-state index is 12.6. The van der Waals surface area contributed by atoms with Crippen molar-refractivity contribution >= 4 is 34.8 Å². The van der Waals surface area contributed by atoms with Crippen molar-refractivity contribution in [1.82, 2.24) is 15.1 Å². The zero-order chi connectivity index (χ0) is 16.6. The summed E-state index contributed by atoms with van der Waals surface area (Å²) in [6, 6.07) is 4.95. The topological polar surface area (TPSA) is 52.2 Å². The van der Waals surface area contributed by atoms with Gasteiger partial charge in [-0.2, -0.15) is 5.10 Å². The monoisotopic (exact) mass is 352 g/mol. The molecule has 0 atom stereocenters. The lowest BCUT2D eigenvalue weighted by Crippen LogP contribution is -2.49. The first-order chi connectivity index (χ1) is 11.0. The lowest BCUT2D eigenvalue weighted by molar-refractivity contribution is 0.0747. The van der Waals surface area contributed by atoms with E-state index in [1.165, 1.54) is 0 Å². The average molecular weight is 353 g/mol. The third kappa shape index (κ3) is 3.31. The molecule has 1 aromatic heterocycles. The second kappa shape index (κ2) is 6.42. The van der Waals surface area contributed by atoms with E-state index >= 15 is 0 Å². The molecule has 0 radical (unpaired) electrons. The fourth-order valence-corrected chi connectivity index (χ4v) is 3.53. The number of hydrogen-bond donors (Lipinski definition) is 1. The molecule has 0 unspecified atom stereocenters. The van der Waals surface area contributed by atoms with E-state index in [9.17, 15) is 4.79 Å². The zero-order valence-corrected chi connectivity index (χ0v) is 14.6. The second-order valence-electron chi connectivity index (χ2n) is 5.72. The third-order valence-electron chi connectivity index (χ3n) is 4.08. The number of benzene rings is 1. The molecular weight excluding hydrogens is 335 g/mol. The van der Waals surface area contributed by atoms with Crippen LogP contribution in [0.3, 0.4) is 0 Å². The molecule has 5 nitrogen and oxygen atoms in total. The number of carbonyl (C=O) groups excluding carboxylic acids is 1. The number of anilines is 1. The van der Waals surface area contributed by atoms with Gasteiger partial charge in [-0.15, -0.1) is 0 Å². The highest BCUT2D eigenvalue weighted by molar-refractivity contribution is 6.35. The molecule has 1 amide bonds. The number of aryl methyl sites for hydroxylation is 2. The SMILES string of the molecule is Cc1n[nH]c(C)c1N1CCN(C(=O)c2cc(Cl)cc(Cl)c2)CC1. The molecule has 0 aliphatic carbocycles. The van der Waals surface area contributed by atoms with Crippen LogP contribution in [-0.2, 0) is 0 Å². The Bertz CT molecular complexity index is 696. The highest BCUT2D eigenvalue weighted by atomic mass is 35.5. The summed E-state index contributed by atoms with van der Waals surface area (Å²) in [4.78, 5) is 16.7. The largest absolute Gasteiger partial charge is 0.365 e. The summed E-state index contributed by atoms with van der Waals surface area (Å²) in [7, 11) is 0. The minimum atomic E-state index is -0.0327. The normalized spacial score (nSPS) is 15.1. The predicted octanol–water partition coefficient (Wildman–Crippen LogP) is 3.30. The fourth-order valence-electron chi connectivity index (χ4n) is 3.00. The molecule has 1 N–H and O–H groups in total. The molecular formula is C16H18Cl2N4O. The van der Waals surface area contributed by atoms with Crippen LogP contribution in [0.1, 0.15) is 21.7 Å². The number of rotatable bonds is 2. The van der Waals surface area contributed by atoms with Crippen LogP contribution < -0.4 is 4.90 Å². The quantitative estimate of drug-likeness (QED) is 0.901. The summed E-state index contributed by atoms with van der Waals surface area (Å²) in [5.41, 5.74) is 3.72. The number of halogens is 2. The van der Waals surface area contributed by atoms with Crippen molar-refractivity contribution in [2.45, 2.75) is 13.8 Å².